The molecule has 0 unspecified atom stereocenters. The van der Waals surface area contributed by atoms with Crippen molar-refractivity contribution in [1.82, 2.24) is 0 Å². The standard InChI is InChI=1S/C9H7ClO2/c1-11-7-3-2-6-4-9(10)12-8(6)5-7/h2-5H,1H3. The van der Waals surface area contributed by atoms with Gasteiger partial charge in [-0.15, -0.1) is 0 Å². The smallest absolute Gasteiger partial charge is 0.194 e. The molecule has 1 heterocycles. The fourth-order valence-corrected chi connectivity index (χ4v) is 1.31. The molecule has 0 N–H and O–H groups in total. The van der Waals surface area contributed by atoms with E-state index in [2.05, 4.69) is 0 Å². The average Bonchev–Trinajstić information content (AvgIpc) is 2.43. The van der Waals surface area contributed by atoms with Crippen molar-refractivity contribution in [1.29, 1.82) is 0 Å². The van der Waals surface area contributed by atoms with Crippen LogP contribution in [0.5, 0.6) is 5.75 Å². The zero-order valence-corrected chi connectivity index (χ0v) is 7.26. The van der Waals surface area contributed by atoms with Gasteiger partial charge in [0.2, 0.25) is 0 Å². The Balaban J connectivity index is 2.66. The molecule has 3 heteroatoms. The van der Waals surface area contributed by atoms with E-state index in [1.807, 2.05) is 12.1 Å². The first-order valence-electron chi connectivity index (χ1n) is 3.52. The topological polar surface area (TPSA) is 22.4 Å². The molecule has 0 aliphatic heterocycles. The molecule has 1 aromatic heterocycles. The van der Waals surface area contributed by atoms with Crippen LogP contribution in [0, 0.1) is 0 Å². The summed E-state index contributed by atoms with van der Waals surface area (Å²) < 4.78 is 10.2. The summed E-state index contributed by atoms with van der Waals surface area (Å²) in [6.07, 6.45) is 0. The van der Waals surface area contributed by atoms with E-state index in [4.69, 9.17) is 20.8 Å². The number of fused-ring (bicyclic) bond motifs is 1. The van der Waals surface area contributed by atoms with Crippen molar-refractivity contribution in [2.45, 2.75) is 0 Å². The molecule has 0 atom stereocenters. The lowest BCUT2D eigenvalue weighted by molar-refractivity contribution is 0.414. The monoisotopic (exact) mass is 182 g/mol. The van der Waals surface area contributed by atoms with Crippen molar-refractivity contribution in [3.05, 3.63) is 29.5 Å². The van der Waals surface area contributed by atoms with Gasteiger partial charge in [-0.25, -0.2) is 0 Å². The van der Waals surface area contributed by atoms with Gasteiger partial charge in [0.15, 0.2) is 5.22 Å². The first-order chi connectivity index (χ1) is 5.79. The maximum absolute atomic E-state index is 5.67. The van der Waals surface area contributed by atoms with Gasteiger partial charge in [0.05, 0.1) is 7.11 Å². The molecule has 0 aliphatic carbocycles. The lowest BCUT2D eigenvalue weighted by Gasteiger charge is -1.96. The number of hydrogen-bond donors (Lipinski definition) is 0. The van der Waals surface area contributed by atoms with Crippen LogP contribution in [0.4, 0.5) is 0 Å². The molecule has 0 amide bonds. The minimum Gasteiger partial charge on any atom is -0.497 e. The molecule has 0 spiro atoms. The first kappa shape index (κ1) is 7.50. The number of furan rings is 1. The molecule has 0 fully saturated rings. The third-order valence-electron chi connectivity index (χ3n) is 1.70. The molecule has 1 aromatic carbocycles. The number of methoxy groups -OCH3 is 1. The molecular formula is C9H7ClO2. The van der Waals surface area contributed by atoms with Crippen molar-refractivity contribution in [3.8, 4) is 5.75 Å². The molecule has 2 rings (SSSR count). The van der Waals surface area contributed by atoms with Gasteiger partial charge in [-0.05, 0) is 23.7 Å². The van der Waals surface area contributed by atoms with Gasteiger partial charge in [0.1, 0.15) is 11.3 Å². The zero-order valence-electron chi connectivity index (χ0n) is 6.50. The van der Waals surface area contributed by atoms with Gasteiger partial charge in [-0.1, -0.05) is 0 Å². The predicted molar refractivity (Wildman–Crippen MR) is 47.8 cm³/mol. The Kier molecular flexibility index (Phi) is 1.70. The lowest BCUT2D eigenvalue weighted by Crippen LogP contribution is -1.79. The van der Waals surface area contributed by atoms with Crippen molar-refractivity contribution >= 4 is 22.6 Å². The van der Waals surface area contributed by atoms with E-state index in [0.717, 1.165) is 16.7 Å². The Morgan fingerprint density at radius 1 is 1.33 bits per heavy atom. The van der Waals surface area contributed by atoms with Crippen LogP contribution in [0.25, 0.3) is 11.0 Å². The van der Waals surface area contributed by atoms with Gasteiger partial charge in [-0.2, -0.15) is 0 Å². The minimum absolute atomic E-state index is 0.401. The average molecular weight is 183 g/mol. The second-order valence-electron chi connectivity index (χ2n) is 2.45. The molecule has 0 saturated heterocycles. The van der Waals surface area contributed by atoms with Crippen LogP contribution in [0.1, 0.15) is 0 Å². The number of halogens is 1. The van der Waals surface area contributed by atoms with Crippen LogP contribution in [-0.4, -0.2) is 7.11 Å². The van der Waals surface area contributed by atoms with Gasteiger partial charge in [-0.3, -0.25) is 0 Å². The Hall–Kier alpha value is -1.15. The molecule has 0 bridgehead atoms. The maximum Gasteiger partial charge on any atom is 0.194 e. The van der Waals surface area contributed by atoms with Gasteiger partial charge >= 0.3 is 0 Å². The van der Waals surface area contributed by atoms with Crippen LogP contribution in [0.2, 0.25) is 5.22 Å². The largest absolute Gasteiger partial charge is 0.497 e. The number of hydrogen-bond acceptors (Lipinski definition) is 2. The van der Waals surface area contributed by atoms with Crippen molar-refractivity contribution in [2.24, 2.45) is 0 Å². The highest BCUT2D eigenvalue weighted by atomic mass is 35.5. The predicted octanol–water partition coefficient (Wildman–Crippen LogP) is 3.09. The van der Waals surface area contributed by atoms with E-state index in [-0.39, 0.29) is 0 Å². The van der Waals surface area contributed by atoms with Crippen LogP contribution in [-0.2, 0) is 0 Å². The minimum atomic E-state index is 0.401. The van der Waals surface area contributed by atoms with Crippen LogP contribution >= 0.6 is 11.6 Å². The highest BCUT2D eigenvalue weighted by Crippen LogP contribution is 2.26. The molecule has 0 aliphatic rings. The molecule has 0 radical (unpaired) electrons. The fraction of sp³-hybridized carbons (Fsp3) is 0.111. The quantitative estimate of drug-likeness (QED) is 0.676. The highest BCUT2D eigenvalue weighted by Gasteiger charge is 2.01. The van der Waals surface area contributed by atoms with Crippen molar-refractivity contribution in [2.75, 3.05) is 7.11 Å². The Morgan fingerprint density at radius 3 is 2.92 bits per heavy atom. The van der Waals surface area contributed by atoms with E-state index in [9.17, 15) is 0 Å². The van der Waals surface area contributed by atoms with Crippen LogP contribution in [0.3, 0.4) is 0 Å². The summed E-state index contributed by atoms with van der Waals surface area (Å²) in [7, 11) is 1.62. The lowest BCUT2D eigenvalue weighted by atomic mass is 10.2. The Labute approximate surface area is 74.7 Å². The Morgan fingerprint density at radius 2 is 2.17 bits per heavy atom. The normalized spacial score (nSPS) is 10.5. The van der Waals surface area contributed by atoms with E-state index in [0.29, 0.717) is 5.22 Å². The van der Waals surface area contributed by atoms with Crippen molar-refractivity contribution in [3.63, 3.8) is 0 Å². The SMILES string of the molecule is COc1ccc2cc(Cl)oc2c1. The van der Waals surface area contributed by atoms with E-state index < -0.39 is 0 Å². The first-order valence-corrected chi connectivity index (χ1v) is 3.90. The second kappa shape index (κ2) is 2.72. The summed E-state index contributed by atoms with van der Waals surface area (Å²) in [6, 6.07) is 7.36. The number of benzene rings is 1. The highest BCUT2D eigenvalue weighted by molar-refractivity contribution is 6.29. The van der Waals surface area contributed by atoms with Crippen molar-refractivity contribution < 1.29 is 9.15 Å². The fourth-order valence-electron chi connectivity index (χ4n) is 1.11. The summed E-state index contributed by atoms with van der Waals surface area (Å²) in [5.41, 5.74) is 0.749. The summed E-state index contributed by atoms with van der Waals surface area (Å²) >= 11 is 5.67. The van der Waals surface area contributed by atoms with E-state index in [1.54, 1.807) is 19.2 Å². The summed E-state index contributed by atoms with van der Waals surface area (Å²) in [5, 5.41) is 1.39. The summed E-state index contributed by atoms with van der Waals surface area (Å²) in [5.74, 6) is 0.772. The molecule has 0 saturated carbocycles. The van der Waals surface area contributed by atoms with Gasteiger partial charge in [0, 0.05) is 17.5 Å². The molecule has 2 nitrogen and oxygen atoms in total. The van der Waals surface area contributed by atoms with Crippen LogP contribution in [0.15, 0.2) is 28.7 Å². The molecular weight excluding hydrogens is 176 g/mol. The third kappa shape index (κ3) is 1.14. The summed E-state index contributed by atoms with van der Waals surface area (Å²) in [4.78, 5) is 0. The number of ether oxygens (including phenoxy) is 1. The van der Waals surface area contributed by atoms with E-state index in [1.165, 1.54) is 0 Å². The molecule has 2 aromatic rings. The third-order valence-corrected chi connectivity index (χ3v) is 1.88. The summed E-state index contributed by atoms with van der Waals surface area (Å²) in [6.45, 7) is 0. The van der Waals surface area contributed by atoms with Crippen LogP contribution < -0.4 is 4.74 Å². The Bertz CT molecular complexity index is 406. The maximum atomic E-state index is 5.67. The van der Waals surface area contributed by atoms with E-state index >= 15 is 0 Å². The van der Waals surface area contributed by atoms with Gasteiger partial charge < -0.3 is 9.15 Å². The van der Waals surface area contributed by atoms with Gasteiger partial charge in [0.25, 0.3) is 0 Å². The second-order valence-corrected chi connectivity index (χ2v) is 2.83. The number of rotatable bonds is 1. The molecule has 12 heavy (non-hydrogen) atoms. The molecule has 62 valence electrons. The zero-order chi connectivity index (χ0) is 8.55.